The minimum Gasteiger partial charge on any atom is -0.377 e. The Morgan fingerprint density at radius 3 is 3.00 bits per heavy atom. The zero-order chi connectivity index (χ0) is 15.5. The zero-order valence-electron chi connectivity index (χ0n) is 13.8. The molecule has 5 nitrogen and oxygen atoms in total. The van der Waals surface area contributed by atoms with Crippen molar-refractivity contribution in [1.29, 1.82) is 0 Å². The van der Waals surface area contributed by atoms with Gasteiger partial charge in [0.1, 0.15) is 10.6 Å². The summed E-state index contributed by atoms with van der Waals surface area (Å²) < 4.78 is 12.2. The highest BCUT2D eigenvalue weighted by atomic mass is 32.1. The van der Waals surface area contributed by atoms with Crippen LogP contribution in [0.4, 0.5) is 0 Å². The number of nitrogens with zero attached hydrogens (tertiary/aromatic N) is 3. The molecule has 0 saturated carbocycles. The average molecular weight is 337 g/mol. The van der Waals surface area contributed by atoms with Gasteiger partial charge in [-0.1, -0.05) is 0 Å². The van der Waals surface area contributed by atoms with Crippen molar-refractivity contribution >= 4 is 11.3 Å². The van der Waals surface area contributed by atoms with E-state index in [1.54, 1.807) is 11.3 Å². The Morgan fingerprint density at radius 2 is 2.17 bits per heavy atom. The third-order valence-corrected chi connectivity index (χ3v) is 6.04. The van der Waals surface area contributed by atoms with Crippen LogP contribution in [0.25, 0.3) is 0 Å². The number of thiazole rings is 1. The van der Waals surface area contributed by atoms with Gasteiger partial charge in [-0.25, -0.2) is 4.98 Å². The Kier molecular flexibility index (Phi) is 4.96. The lowest BCUT2D eigenvalue weighted by molar-refractivity contribution is -0.0563. The molecular weight excluding hydrogens is 310 g/mol. The highest BCUT2D eigenvalue weighted by Gasteiger charge is 2.43. The third-order valence-electron chi connectivity index (χ3n) is 5.27. The third kappa shape index (κ3) is 3.94. The summed E-state index contributed by atoms with van der Waals surface area (Å²) in [6, 6.07) is 0. The molecule has 0 radical (unpaired) electrons. The molecule has 0 aliphatic carbocycles. The summed E-state index contributed by atoms with van der Waals surface area (Å²) in [6.07, 6.45) is 5.76. The molecule has 1 aromatic rings. The van der Waals surface area contributed by atoms with Gasteiger partial charge in [0.25, 0.3) is 0 Å². The van der Waals surface area contributed by atoms with Crippen LogP contribution >= 0.6 is 11.3 Å². The number of hydrogen-bond donors (Lipinski definition) is 0. The topological polar surface area (TPSA) is 37.8 Å². The van der Waals surface area contributed by atoms with E-state index in [2.05, 4.69) is 20.2 Å². The average Bonchev–Trinajstić information content (AvgIpc) is 3.25. The van der Waals surface area contributed by atoms with E-state index in [4.69, 9.17) is 9.47 Å². The first kappa shape index (κ1) is 16.0. The molecule has 0 unspecified atom stereocenters. The molecule has 3 aliphatic rings. The molecule has 0 N–H and O–H groups in total. The molecule has 3 aliphatic heterocycles. The molecule has 1 spiro atoms. The van der Waals surface area contributed by atoms with Gasteiger partial charge in [0.05, 0.1) is 26.4 Å². The highest BCUT2D eigenvalue weighted by Crippen LogP contribution is 2.34. The normalized spacial score (nSPS) is 33.5. The van der Waals surface area contributed by atoms with Crippen LogP contribution < -0.4 is 0 Å². The fourth-order valence-electron chi connectivity index (χ4n) is 4.24. The molecule has 0 bridgehead atoms. The predicted molar refractivity (Wildman–Crippen MR) is 90.7 cm³/mol. The maximum absolute atomic E-state index is 6.32. The minimum absolute atomic E-state index is 0.0991. The van der Waals surface area contributed by atoms with Crippen molar-refractivity contribution in [2.75, 3.05) is 52.5 Å². The lowest BCUT2D eigenvalue weighted by atomic mass is 9.94. The van der Waals surface area contributed by atoms with E-state index in [9.17, 15) is 0 Å². The monoisotopic (exact) mass is 337 g/mol. The number of aromatic nitrogens is 1. The van der Waals surface area contributed by atoms with Crippen molar-refractivity contribution in [3.8, 4) is 0 Å². The molecule has 0 aromatic carbocycles. The molecule has 4 heterocycles. The van der Waals surface area contributed by atoms with E-state index < -0.39 is 0 Å². The van der Waals surface area contributed by atoms with Gasteiger partial charge in [0, 0.05) is 31.2 Å². The quantitative estimate of drug-likeness (QED) is 0.838. The summed E-state index contributed by atoms with van der Waals surface area (Å²) in [4.78, 5) is 9.50. The second kappa shape index (κ2) is 7.15. The minimum atomic E-state index is -0.0991. The van der Waals surface area contributed by atoms with Gasteiger partial charge in [-0.15, -0.1) is 11.3 Å². The van der Waals surface area contributed by atoms with Crippen molar-refractivity contribution < 1.29 is 9.47 Å². The Morgan fingerprint density at radius 1 is 1.26 bits per heavy atom. The number of rotatable bonds is 4. The van der Waals surface area contributed by atoms with Gasteiger partial charge in [-0.2, -0.15) is 0 Å². The molecule has 4 rings (SSSR count). The second-order valence-electron chi connectivity index (χ2n) is 7.26. The SMILES string of the molecule is c1csc(CN2CCOC[C@@]3(C[C@@H](CN4CCCC4)CO3)C2)n1. The second-order valence-corrected chi connectivity index (χ2v) is 8.24. The predicted octanol–water partition coefficient (Wildman–Crippen LogP) is 1.85. The molecule has 23 heavy (non-hydrogen) atoms. The molecule has 1 aromatic heterocycles. The van der Waals surface area contributed by atoms with Gasteiger partial charge in [0.15, 0.2) is 0 Å². The van der Waals surface area contributed by atoms with Crippen LogP contribution in [0.15, 0.2) is 11.6 Å². The van der Waals surface area contributed by atoms with E-state index in [0.29, 0.717) is 5.92 Å². The van der Waals surface area contributed by atoms with Gasteiger partial charge >= 0.3 is 0 Å². The van der Waals surface area contributed by atoms with Gasteiger partial charge in [0.2, 0.25) is 0 Å². The molecule has 2 atom stereocenters. The Labute approximate surface area is 142 Å². The van der Waals surface area contributed by atoms with Crippen LogP contribution in [0.3, 0.4) is 0 Å². The van der Waals surface area contributed by atoms with E-state index in [1.165, 1.54) is 37.5 Å². The summed E-state index contributed by atoms with van der Waals surface area (Å²) >= 11 is 1.74. The maximum Gasteiger partial charge on any atom is 0.107 e. The van der Waals surface area contributed by atoms with Crippen molar-refractivity contribution in [1.82, 2.24) is 14.8 Å². The van der Waals surface area contributed by atoms with E-state index >= 15 is 0 Å². The van der Waals surface area contributed by atoms with Crippen LogP contribution in [-0.2, 0) is 16.0 Å². The summed E-state index contributed by atoms with van der Waals surface area (Å²) in [5.74, 6) is 0.663. The highest BCUT2D eigenvalue weighted by molar-refractivity contribution is 7.09. The summed E-state index contributed by atoms with van der Waals surface area (Å²) in [7, 11) is 0. The fraction of sp³-hybridized carbons (Fsp3) is 0.824. The first-order valence-electron chi connectivity index (χ1n) is 8.86. The first-order chi connectivity index (χ1) is 11.3. The molecule has 128 valence electrons. The van der Waals surface area contributed by atoms with E-state index in [0.717, 1.165) is 45.9 Å². The largest absolute Gasteiger partial charge is 0.377 e. The standard InChI is InChI=1S/C17H27N3O2S/c1-2-5-19(4-1)10-15-9-17(22-12-15)13-20(6-7-21-14-17)11-16-18-3-8-23-16/h3,8,15H,1-2,4-7,9-14H2/t15-,17+/m0/s1. The fourth-order valence-corrected chi connectivity index (χ4v) is 4.90. The Hall–Kier alpha value is -0.530. The number of ether oxygens (including phenoxy) is 2. The van der Waals surface area contributed by atoms with Crippen LogP contribution in [0.5, 0.6) is 0 Å². The lowest BCUT2D eigenvalue weighted by Gasteiger charge is -2.31. The summed E-state index contributed by atoms with van der Waals surface area (Å²) in [5, 5.41) is 3.24. The lowest BCUT2D eigenvalue weighted by Crippen LogP contribution is -2.44. The van der Waals surface area contributed by atoms with E-state index in [1.807, 2.05) is 6.20 Å². The zero-order valence-corrected chi connectivity index (χ0v) is 14.6. The molecular formula is C17H27N3O2S. The molecule has 6 heteroatoms. The van der Waals surface area contributed by atoms with Gasteiger partial charge < -0.3 is 14.4 Å². The summed E-state index contributed by atoms with van der Waals surface area (Å²) in [6.45, 7) is 9.06. The Bertz CT molecular complexity index is 492. The van der Waals surface area contributed by atoms with Crippen molar-refractivity contribution in [2.24, 2.45) is 5.92 Å². The molecule has 3 saturated heterocycles. The van der Waals surface area contributed by atoms with Gasteiger partial charge in [-0.05, 0) is 38.3 Å². The molecule has 0 amide bonds. The van der Waals surface area contributed by atoms with E-state index in [-0.39, 0.29) is 5.60 Å². The number of hydrogen-bond acceptors (Lipinski definition) is 6. The Balaban J connectivity index is 1.36. The van der Waals surface area contributed by atoms with Crippen LogP contribution in [0.1, 0.15) is 24.3 Å². The van der Waals surface area contributed by atoms with Crippen molar-refractivity contribution in [2.45, 2.75) is 31.4 Å². The van der Waals surface area contributed by atoms with Gasteiger partial charge in [-0.3, -0.25) is 4.90 Å². The van der Waals surface area contributed by atoms with Crippen molar-refractivity contribution in [3.05, 3.63) is 16.6 Å². The molecule has 3 fully saturated rings. The van der Waals surface area contributed by atoms with Crippen LogP contribution in [0.2, 0.25) is 0 Å². The number of likely N-dealkylation sites (tertiary alicyclic amines) is 1. The van der Waals surface area contributed by atoms with Crippen LogP contribution in [-0.4, -0.2) is 72.9 Å². The first-order valence-corrected chi connectivity index (χ1v) is 9.74. The smallest absolute Gasteiger partial charge is 0.107 e. The maximum atomic E-state index is 6.32. The summed E-state index contributed by atoms with van der Waals surface area (Å²) in [5.41, 5.74) is -0.0991. The van der Waals surface area contributed by atoms with Crippen LogP contribution in [0, 0.1) is 5.92 Å². The van der Waals surface area contributed by atoms with Crippen molar-refractivity contribution in [3.63, 3.8) is 0 Å².